The summed E-state index contributed by atoms with van der Waals surface area (Å²) in [5.74, 6) is -0.173. The lowest BCUT2D eigenvalue weighted by molar-refractivity contribution is 0.471. The zero-order valence-corrected chi connectivity index (χ0v) is 8.91. The van der Waals surface area contributed by atoms with Crippen LogP contribution < -0.4 is 5.32 Å². The highest BCUT2D eigenvalue weighted by Gasteiger charge is 2.13. The molecule has 0 saturated heterocycles. The highest BCUT2D eigenvalue weighted by atomic mass is 19.1. The lowest BCUT2D eigenvalue weighted by atomic mass is 10.1. The second-order valence-electron chi connectivity index (χ2n) is 4.08. The van der Waals surface area contributed by atoms with Crippen molar-refractivity contribution in [1.29, 1.82) is 0 Å². The number of hydrogen-bond donors (Lipinski definition) is 1. The smallest absolute Gasteiger partial charge is 0.123 e. The zero-order chi connectivity index (χ0) is 10.7. The molecule has 80 valence electrons. The van der Waals surface area contributed by atoms with Gasteiger partial charge in [-0.3, -0.25) is 0 Å². The number of benzene rings is 1. The molecule has 0 heterocycles. The Labute approximate surface area is 90.0 Å². The predicted octanol–water partition coefficient (Wildman–Crippen LogP) is 3.19. The maximum absolute atomic E-state index is 12.7. The molecule has 1 aliphatic carbocycles. The van der Waals surface area contributed by atoms with Gasteiger partial charge in [0.05, 0.1) is 0 Å². The van der Waals surface area contributed by atoms with E-state index in [0.29, 0.717) is 6.04 Å². The standard InChI is InChI=1S/C13H16FN/c1-10(15-13-4-2-3-5-13)11-6-8-12(14)9-7-11/h2-3,6-10,13,15H,4-5H2,1H3. The van der Waals surface area contributed by atoms with Gasteiger partial charge in [-0.15, -0.1) is 0 Å². The Morgan fingerprint density at radius 2 is 1.80 bits per heavy atom. The minimum Gasteiger partial charge on any atom is -0.307 e. The first-order chi connectivity index (χ1) is 7.25. The molecule has 1 aromatic rings. The van der Waals surface area contributed by atoms with E-state index in [1.54, 1.807) is 0 Å². The Morgan fingerprint density at radius 3 is 2.40 bits per heavy atom. The second-order valence-corrected chi connectivity index (χ2v) is 4.08. The van der Waals surface area contributed by atoms with Crippen LogP contribution in [0.3, 0.4) is 0 Å². The van der Waals surface area contributed by atoms with Crippen molar-refractivity contribution >= 4 is 0 Å². The summed E-state index contributed by atoms with van der Waals surface area (Å²) in [4.78, 5) is 0. The molecular formula is C13H16FN. The first-order valence-electron chi connectivity index (χ1n) is 5.42. The van der Waals surface area contributed by atoms with E-state index in [1.165, 1.54) is 12.1 Å². The monoisotopic (exact) mass is 205 g/mol. The van der Waals surface area contributed by atoms with Crippen molar-refractivity contribution in [2.75, 3.05) is 0 Å². The topological polar surface area (TPSA) is 12.0 Å². The molecule has 0 saturated carbocycles. The summed E-state index contributed by atoms with van der Waals surface area (Å²) in [6.07, 6.45) is 6.61. The molecule has 0 spiro atoms. The number of hydrogen-bond acceptors (Lipinski definition) is 1. The third-order valence-electron chi connectivity index (χ3n) is 2.86. The number of nitrogens with one attached hydrogen (secondary N) is 1. The van der Waals surface area contributed by atoms with E-state index in [0.717, 1.165) is 18.4 Å². The molecule has 0 aromatic heterocycles. The second kappa shape index (κ2) is 4.58. The fraction of sp³-hybridized carbons (Fsp3) is 0.385. The van der Waals surface area contributed by atoms with Gasteiger partial charge in [0.1, 0.15) is 5.82 Å². The first kappa shape index (κ1) is 10.4. The third-order valence-corrected chi connectivity index (χ3v) is 2.86. The van der Waals surface area contributed by atoms with E-state index in [2.05, 4.69) is 24.4 Å². The van der Waals surface area contributed by atoms with Gasteiger partial charge in [-0.25, -0.2) is 4.39 Å². The summed E-state index contributed by atoms with van der Waals surface area (Å²) in [6.45, 7) is 2.12. The van der Waals surface area contributed by atoms with Crippen LogP contribution in [0, 0.1) is 5.82 Å². The van der Waals surface area contributed by atoms with E-state index in [-0.39, 0.29) is 11.9 Å². The summed E-state index contributed by atoms with van der Waals surface area (Å²) in [5.41, 5.74) is 1.14. The van der Waals surface area contributed by atoms with Crippen LogP contribution in [-0.4, -0.2) is 6.04 Å². The molecule has 1 atom stereocenters. The number of rotatable bonds is 3. The lowest BCUT2D eigenvalue weighted by Crippen LogP contribution is -2.29. The molecule has 1 N–H and O–H groups in total. The number of halogens is 1. The first-order valence-corrected chi connectivity index (χ1v) is 5.42. The van der Waals surface area contributed by atoms with Gasteiger partial charge in [-0.1, -0.05) is 24.3 Å². The average molecular weight is 205 g/mol. The Morgan fingerprint density at radius 1 is 1.20 bits per heavy atom. The quantitative estimate of drug-likeness (QED) is 0.747. The average Bonchev–Trinajstić information content (AvgIpc) is 2.71. The van der Waals surface area contributed by atoms with Crippen LogP contribution in [0.4, 0.5) is 4.39 Å². The van der Waals surface area contributed by atoms with Gasteiger partial charge in [0.15, 0.2) is 0 Å². The molecule has 0 amide bonds. The van der Waals surface area contributed by atoms with Crippen LogP contribution >= 0.6 is 0 Å². The van der Waals surface area contributed by atoms with Crippen molar-refractivity contribution in [2.24, 2.45) is 0 Å². The van der Waals surface area contributed by atoms with E-state index >= 15 is 0 Å². The van der Waals surface area contributed by atoms with Crippen LogP contribution in [0.1, 0.15) is 31.4 Å². The molecule has 2 rings (SSSR count). The van der Waals surface area contributed by atoms with Crippen molar-refractivity contribution < 1.29 is 4.39 Å². The van der Waals surface area contributed by atoms with Crippen LogP contribution in [0.2, 0.25) is 0 Å². The fourth-order valence-electron chi connectivity index (χ4n) is 1.95. The zero-order valence-electron chi connectivity index (χ0n) is 8.91. The molecule has 2 heteroatoms. The van der Waals surface area contributed by atoms with Crippen molar-refractivity contribution in [3.8, 4) is 0 Å². The molecule has 1 aliphatic rings. The maximum atomic E-state index is 12.7. The Kier molecular flexibility index (Phi) is 3.17. The highest BCUT2D eigenvalue weighted by molar-refractivity contribution is 5.19. The van der Waals surface area contributed by atoms with Gasteiger partial charge < -0.3 is 5.32 Å². The van der Waals surface area contributed by atoms with Crippen molar-refractivity contribution in [3.05, 3.63) is 47.8 Å². The van der Waals surface area contributed by atoms with Crippen molar-refractivity contribution in [2.45, 2.75) is 31.8 Å². The van der Waals surface area contributed by atoms with Crippen LogP contribution in [0.25, 0.3) is 0 Å². The molecular weight excluding hydrogens is 189 g/mol. The summed E-state index contributed by atoms with van der Waals surface area (Å²) in [7, 11) is 0. The lowest BCUT2D eigenvalue weighted by Gasteiger charge is -2.19. The van der Waals surface area contributed by atoms with E-state index in [1.807, 2.05) is 12.1 Å². The molecule has 15 heavy (non-hydrogen) atoms. The Bertz CT molecular complexity index is 334. The van der Waals surface area contributed by atoms with Gasteiger partial charge in [-0.2, -0.15) is 0 Å². The van der Waals surface area contributed by atoms with Gasteiger partial charge in [0, 0.05) is 12.1 Å². The molecule has 1 unspecified atom stereocenters. The third kappa shape index (κ3) is 2.66. The minimum atomic E-state index is -0.173. The van der Waals surface area contributed by atoms with Crippen LogP contribution in [0.15, 0.2) is 36.4 Å². The van der Waals surface area contributed by atoms with Gasteiger partial charge in [-0.05, 0) is 37.5 Å². The van der Waals surface area contributed by atoms with E-state index in [9.17, 15) is 4.39 Å². The molecule has 0 radical (unpaired) electrons. The SMILES string of the molecule is CC(NC1CC=CC1)c1ccc(F)cc1. The van der Waals surface area contributed by atoms with Gasteiger partial charge >= 0.3 is 0 Å². The molecule has 0 fully saturated rings. The normalized spacial score (nSPS) is 18.3. The van der Waals surface area contributed by atoms with E-state index in [4.69, 9.17) is 0 Å². The van der Waals surface area contributed by atoms with E-state index < -0.39 is 0 Å². The van der Waals surface area contributed by atoms with Crippen LogP contribution in [-0.2, 0) is 0 Å². The summed E-state index contributed by atoms with van der Waals surface area (Å²) < 4.78 is 12.7. The maximum Gasteiger partial charge on any atom is 0.123 e. The van der Waals surface area contributed by atoms with Crippen LogP contribution in [0.5, 0.6) is 0 Å². The molecule has 1 nitrogen and oxygen atoms in total. The Hall–Kier alpha value is -1.15. The summed E-state index contributed by atoms with van der Waals surface area (Å²) in [6, 6.07) is 7.55. The predicted molar refractivity (Wildman–Crippen MR) is 60.1 cm³/mol. The van der Waals surface area contributed by atoms with Crippen molar-refractivity contribution in [3.63, 3.8) is 0 Å². The van der Waals surface area contributed by atoms with Gasteiger partial charge in [0.25, 0.3) is 0 Å². The minimum absolute atomic E-state index is 0.173. The molecule has 0 bridgehead atoms. The fourth-order valence-corrected chi connectivity index (χ4v) is 1.95. The van der Waals surface area contributed by atoms with Gasteiger partial charge in [0.2, 0.25) is 0 Å². The Balaban J connectivity index is 1.95. The summed E-state index contributed by atoms with van der Waals surface area (Å²) in [5, 5.41) is 3.53. The highest BCUT2D eigenvalue weighted by Crippen LogP contribution is 2.17. The summed E-state index contributed by atoms with van der Waals surface area (Å²) >= 11 is 0. The van der Waals surface area contributed by atoms with Crippen molar-refractivity contribution in [1.82, 2.24) is 5.32 Å². The molecule has 0 aliphatic heterocycles. The molecule has 1 aromatic carbocycles. The largest absolute Gasteiger partial charge is 0.307 e.